The molecule has 0 aromatic carbocycles. The van der Waals surface area contributed by atoms with E-state index in [2.05, 4.69) is 15.4 Å². The fraction of sp³-hybridized carbons (Fsp3) is 0. The predicted octanol–water partition coefficient (Wildman–Crippen LogP) is 0.556. The second-order valence-corrected chi connectivity index (χ2v) is 2.05. The molecule has 0 bridgehead atoms. The first-order chi connectivity index (χ1) is 5.20. The third kappa shape index (κ3) is 2.05. The molecular weight excluding hydrogens is 170 g/mol. The normalized spacial score (nSPS) is 10.6. The zero-order chi connectivity index (χ0) is 8.27. The number of aromatic nitrogens is 3. The Kier molecular flexibility index (Phi) is 2.22. The molecule has 2 N–H and O–H groups in total. The van der Waals surface area contributed by atoms with Crippen LogP contribution < -0.4 is 0 Å². The zero-order valence-electron chi connectivity index (χ0n) is 5.28. The molecule has 0 amide bonds. The van der Waals surface area contributed by atoms with Gasteiger partial charge in [-0.3, -0.25) is 5.10 Å². The Labute approximate surface area is 66.7 Å². The van der Waals surface area contributed by atoms with E-state index in [9.17, 15) is 4.79 Å². The first-order valence-corrected chi connectivity index (χ1v) is 3.05. The Hall–Kier alpha value is -1.36. The van der Waals surface area contributed by atoms with Crippen LogP contribution in [0.4, 0.5) is 0 Å². The third-order valence-electron chi connectivity index (χ3n) is 0.923. The van der Waals surface area contributed by atoms with E-state index >= 15 is 0 Å². The number of nitrogens with zero attached hydrogens (tertiary/aromatic N) is 2. The van der Waals surface area contributed by atoms with E-state index in [0.29, 0.717) is 5.69 Å². The lowest BCUT2D eigenvalue weighted by atomic mass is 10.4. The van der Waals surface area contributed by atoms with Crippen LogP contribution in [0.1, 0.15) is 5.69 Å². The fourth-order valence-corrected chi connectivity index (χ4v) is 0.626. The second kappa shape index (κ2) is 3.16. The van der Waals surface area contributed by atoms with Gasteiger partial charge in [0.15, 0.2) is 5.15 Å². The molecule has 0 fully saturated rings. The van der Waals surface area contributed by atoms with Gasteiger partial charge in [0.05, 0.1) is 5.69 Å². The monoisotopic (exact) mass is 173 g/mol. The Morgan fingerprint density at radius 3 is 2.91 bits per heavy atom. The minimum Gasteiger partial charge on any atom is -0.478 e. The standard InChI is InChI=1S/C5H4ClN3O2/c6-5-3(7-9-8-5)1-2-4(10)11/h1-2H,(H,10,11)(H,7,8,9). The van der Waals surface area contributed by atoms with Crippen molar-refractivity contribution in [2.75, 3.05) is 0 Å². The van der Waals surface area contributed by atoms with Crippen molar-refractivity contribution in [3.8, 4) is 0 Å². The molecule has 0 unspecified atom stereocenters. The van der Waals surface area contributed by atoms with E-state index < -0.39 is 5.97 Å². The zero-order valence-corrected chi connectivity index (χ0v) is 6.04. The fourth-order valence-electron chi connectivity index (χ4n) is 0.483. The number of nitrogens with one attached hydrogen (secondary N) is 1. The van der Waals surface area contributed by atoms with Crippen LogP contribution >= 0.6 is 11.6 Å². The van der Waals surface area contributed by atoms with E-state index in [-0.39, 0.29) is 5.15 Å². The van der Waals surface area contributed by atoms with E-state index in [1.807, 2.05) is 0 Å². The van der Waals surface area contributed by atoms with Gasteiger partial charge in [-0.15, -0.1) is 5.10 Å². The van der Waals surface area contributed by atoms with Gasteiger partial charge in [-0.05, 0) is 6.08 Å². The summed E-state index contributed by atoms with van der Waals surface area (Å²) in [6.45, 7) is 0. The highest BCUT2D eigenvalue weighted by molar-refractivity contribution is 6.30. The summed E-state index contributed by atoms with van der Waals surface area (Å²) in [5, 5.41) is 17.6. The number of hydrogen-bond acceptors (Lipinski definition) is 3. The van der Waals surface area contributed by atoms with Crippen molar-refractivity contribution in [3.05, 3.63) is 16.9 Å². The van der Waals surface area contributed by atoms with Gasteiger partial charge in [0, 0.05) is 6.08 Å². The average Bonchev–Trinajstić information content (AvgIpc) is 2.31. The van der Waals surface area contributed by atoms with Crippen molar-refractivity contribution in [2.45, 2.75) is 0 Å². The topological polar surface area (TPSA) is 78.9 Å². The van der Waals surface area contributed by atoms with Crippen LogP contribution in [-0.4, -0.2) is 26.5 Å². The third-order valence-corrected chi connectivity index (χ3v) is 1.20. The first-order valence-electron chi connectivity index (χ1n) is 2.67. The molecule has 1 rings (SSSR count). The van der Waals surface area contributed by atoms with Gasteiger partial charge in [0.25, 0.3) is 0 Å². The van der Waals surface area contributed by atoms with Crippen LogP contribution in [0.15, 0.2) is 6.08 Å². The lowest BCUT2D eigenvalue weighted by Gasteiger charge is -1.81. The van der Waals surface area contributed by atoms with E-state index in [0.717, 1.165) is 6.08 Å². The van der Waals surface area contributed by atoms with Gasteiger partial charge in [-0.2, -0.15) is 0 Å². The first kappa shape index (κ1) is 7.74. The van der Waals surface area contributed by atoms with Crippen molar-refractivity contribution < 1.29 is 9.90 Å². The van der Waals surface area contributed by atoms with Gasteiger partial charge < -0.3 is 5.11 Å². The summed E-state index contributed by atoms with van der Waals surface area (Å²) in [5.74, 6) is -1.05. The molecule has 0 spiro atoms. The summed E-state index contributed by atoms with van der Waals surface area (Å²) in [7, 11) is 0. The minimum atomic E-state index is -1.05. The molecule has 0 saturated heterocycles. The van der Waals surface area contributed by atoms with E-state index in [1.165, 1.54) is 6.08 Å². The lowest BCUT2D eigenvalue weighted by Crippen LogP contribution is -1.85. The molecular formula is C5H4ClN3O2. The molecule has 11 heavy (non-hydrogen) atoms. The number of carboxylic acids is 1. The van der Waals surface area contributed by atoms with Gasteiger partial charge in [-0.25, -0.2) is 4.79 Å². The van der Waals surface area contributed by atoms with Gasteiger partial charge >= 0.3 is 5.97 Å². The van der Waals surface area contributed by atoms with Crippen molar-refractivity contribution in [1.29, 1.82) is 0 Å². The van der Waals surface area contributed by atoms with Gasteiger partial charge in [0.2, 0.25) is 0 Å². The van der Waals surface area contributed by atoms with Crippen molar-refractivity contribution in [1.82, 2.24) is 15.4 Å². The van der Waals surface area contributed by atoms with Crippen molar-refractivity contribution >= 4 is 23.6 Å². The SMILES string of the molecule is O=C(O)C=Cc1[nH]nnc1Cl. The number of carbonyl (C=O) groups is 1. The maximum absolute atomic E-state index is 10.0. The van der Waals surface area contributed by atoms with E-state index in [1.54, 1.807) is 0 Å². The number of hydrogen-bond donors (Lipinski definition) is 2. The quantitative estimate of drug-likeness (QED) is 0.641. The summed E-state index contributed by atoms with van der Waals surface area (Å²) < 4.78 is 0. The van der Waals surface area contributed by atoms with Crippen LogP contribution in [0, 0.1) is 0 Å². The van der Waals surface area contributed by atoms with Gasteiger partial charge in [-0.1, -0.05) is 16.8 Å². The average molecular weight is 174 g/mol. The summed E-state index contributed by atoms with van der Waals surface area (Å²) >= 11 is 5.47. The Balaban J connectivity index is 2.79. The highest BCUT2D eigenvalue weighted by Crippen LogP contribution is 2.08. The lowest BCUT2D eigenvalue weighted by molar-refractivity contribution is -0.131. The summed E-state index contributed by atoms with van der Waals surface area (Å²) in [5.41, 5.74) is 0.383. The number of halogens is 1. The van der Waals surface area contributed by atoms with Crippen LogP contribution in [0.3, 0.4) is 0 Å². The predicted molar refractivity (Wildman–Crippen MR) is 38.1 cm³/mol. The molecule has 0 radical (unpaired) electrons. The molecule has 1 aromatic rings. The maximum Gasteiger partial charge on any atom is 0.328 e. The Morgan fingerprint density at radius 2 is 2.45 bits per heavy atom. The summed E-state index contributed by atoms with van der Waals surface area (Å²) in [6, 6.07) is 0. The van der Waals surface area contributed by atoms with Crippen LogP contribution in [-0.2, 0) is 4.79 Å². The molecule has 58 valence electrons. The highest BCUT2D eigenvalue weighted by atomic mass is 35.5. The largest absolute Gasteiger partial charge is 0.478 e. The molecule has 1 heterocycles. The number of aliphatic carboxylic acids is 1. The molecule has 0 aliphatic heterocycles. The van der Waals surface area contributed by atoms with Crippen molar-refractivity contribution in [2.24, 2.45) is 0 Å². The molecule has 0 aliphatic carbocycles. The number of carboxylic acid groups (broad SMARTS) is 1. The molecule has 1 aromatic heterocycles. The van der Waals surface area contributed by atoms with Crippen LogP contribution in [0.25, 0.3) is 6.08 Å². The number of rotatable bonds is 2. The number of aromatic amines is 1. The Bertz CT molecular complexity index is 294. The molecule has 0 atom stereocenters. The smallest absolute Gasteiger partial charge is 0.328 e. The van der Waals surface area contributed by atoms with Crippen LogP contribution in [0.5, 0.6) is 0 Å². The summed E-state index contributed by atoms with van der Waals surface area (Å²) in [6.07, 6.45) is 2.23. The molecule has 5 nitrogen and oxygen atoms in total. The highest BCUT2D eigenvalue weighted by Gasteiger charge is 1.98. The number of H-pyrrole nitrogens is 1. The maximum atomic E-state index is 10.0. The van der Waals surface area contributed by atoms with E-state index in [4.69, 9.17) is 16.7 Å². The molecule has 0 saturated carbocycles. The van der Waals surface area contributed by atoms with Crippen LogP contribution in [0.2, 0.25) is 5.15 Å². The second-order valence-electron chi connectivity index (χ2n) is 1.69. The molecule has 6 heteroatoms. The molecule has 0 aliphatic rings. The Morgan fingerprint density at radius 1 is 1.73 bits per heavy atom. The summed E-state index contributed by atoms with van der Waals surface area (Å²) in [4.78, 5) is 10.0. The minimum absolute atomic E-state index is 0.155. The van der Waals surface area contributed by atoms with Crippen molar-refractivity contribution in [3.63, 3.8) is 0 Å². The van der Waals surface area contributed by atoms with Gasteiger partial charge in [0.1, 0.15) is 0 Å².